The van der Waals surface area contributed by atoms with Gasteiger partial charge in [0.2, 0.25) is 0 Å². The molecule has 0 spiro atoms. The van der Waals surface area contributed by atoms with Crippen LogP contribution in [0.5, 0.6) is 0 Å². The molecule has 2 N–H and O–H groups in total. The molecule has 0 bridgehead atoms. The van der Waals surface area contributed by atoms with Crippen LogP contribution >= 0.6 is 23.8 Å². The van der Waals surface area contributed by atoms with Crippen LogP contribution in [0.3, 0.4) is 0 Å². The fraction of sp³-hybridized carbons (Fsp3) is 0.133. The highest BCUT2D eigenvalue weighted by molar-refractivity contribution is 7.80. The Morgan fingerprint density at radius 2 is 1.84 bits per heavy atom. The van der Waals surface area contributed by atoms with Crippen molar-refractivity contribution in [1.29, 1.82) is 0 Å². The molecular formula is C15H15ClN2S. The first-order valence-electron chi connectivity index (χ1n) is 5.95. The standard InChI is InChI=1S/C15H15ClN2S/c1-10-6-7-11(2)14(8-10)18-15(19)17-13-5-3-4-12(16)9-13/h3-9H,1-2H3,(H2,17,18,19). The van der Waals surface area contributed by atoms with Crippen molar-refractivity contribution in [2.75, 3.05) is 10.6 Å². The van der Waals surface area contributed by atoms with Crippen molar-refractivity contribution in [3.63, 3.8) is 0 Å². The molecule has 0 saturated carbocycles. The van der Waals surface area contributed by atoms with Gasteiger partial charge < -0.3 is 10.6 Å². The highest BCUT2D eigenvalue weighted by Crippen LogP contribution is 2.18. The largest absolute Gasteiger partial charge is 0.332 e. The van der Waals surface area contributed by atoms with Crippen LogP contribution < -0.4 is 10.6 Å². The quantitative estimate of drug-likeness (QED) is 0.779. The number of anilines is 2. The summed E-state index contributed by atoms with van der Waals surface area (Å²) in [5, 5.41) is 7.54. The van der Waals surface area contributed by atoms with E-state index in [0.29, 0.717) is 10.1 Å². The first-order chi connectivity index (χ1) is 9.04. The molecule has 2 nitrogen and oxygen atoms in total. The van der Waals surface area contributed by atoms with Crippen LogP contribution in [-0.2, 0) is 0 Å². The maximum absolute atomic E-state index is 5.93. The Kier molecular flexibility index (Phi) is 4.40. The maximum atomic E-state index is 5.93. The SMILES string of the molecule is Cc1ccc(C)c(NC(=S)Nc2cccc(Cl)c2)c1. The van der Waals surface area contributed by atoms with E-state index in [1.54, 1.807) is 0 Å². The summed E-state index contributed by atoms with van der Waals surface area (Å²) in [6.45, 7) is 4.10. The van der Waals surface area contributed by atoms with Gasteiger partial charge in [0.25, 0.3) is 0 Å². The van der Waals surface area contributed by atoms with E-state index in [2.05, 4.69) is 35.8 Å². The lowest BCUT2D eigenvalue weighted by atomic mass is 10.1. The molecule has 0 aromatic heterocycles. The van der Waals surface area contributed by atoms with Gasteiger partial charge >= 0.3 is 0 Å². The van der Waals surface area contributed by atoms with Gasteiger partial charge in [-0.25, -0.2) is 0 Å². The topological polar surface area (TPSA) is 24.1 Å². The average Bonchev–Trinajstić information content (AvgIpc) is 2.34. The lowest BCUT2D eigenvalue weighted by Gasteiger charge is -2.13. The van der Waals surface area contributed by atoms with Crippen molar-refractivity contribution in [2.45, 2.75) is 13.8 Å². The second-order valence-electron chi connectivity index (χ2n) is 4.41. The highest BCUT2D eigenvalue weighted by atomic mass is 35.5. The molecule has 2 aromatic rings. The summed E-state index contributed by atoms with van der Waals surface area (Å²) < 4.78 is 0. The number of hydrogen-bond acceptors (Lipinski definition) is 1. The van der Waals surface area contributed by atoms with Crippen molar-refractivity contribution >= 4 is 40.3 Å². The van der Waals surface area contributed by atoms with Gasteiger partial charge in [-0.3, -0.25) is 0 Å². The van der Waals surface area contributed by atoms with Crippen LogP contribution in [0.15, 0.2) is 42.5 Å². The molecule has 2 rings (SSSR count). The third-order valence-corrected chi connectivity index (χ3v) is 3.16. The first kappa shape index (κ1) is 13.8. The van der Waals surface area contributed by atoms with E-state index in [0.717, 1.165) is 16.9 Å². The fourth-order valence-electron chi connectivity index (χ4n) is 1.72. The predicted molar refractivity (Wildman–Crippen MR) is 87.2 cm³/mol. The van der Waals surface area contributed by atoms with E-state index in [1.807, 2.05) is 31.2 Å². The minimum atomic E-state index is 0.552. The molecule has 0 saturated heterocycles. The van der Waals surface area contributed by atoms with Crippen LogP contribution in [0.2, 0.25) is 5.02 Å². The molecule has 0 unspecified atom stereocenters. The summed E-state index contributed by atoms with van der Waals surface area (Å²) in [6.07, 6.45) is 0. The third kappa shape index (κ3) is 3.94. The molecular weight excluding hydrogens is 276 g/mol. The Hall–Kier alpha value is -1.58. The summed E-state index contributed by atoms with van der Waals surface area (Å²) in [6, 6.07) is 13.7. The van der Waals surface area contributed by atoms with Crippen LogP contribution in [0.25, 0.3) is 0 Å². The van der Waals surface area contributed by atoms with Gasteiger partial charge in [0.15, 0.2) is 5.11 Å². The van der Waals surface area contributed by atoms with Crippen molar-refractivity contribution in [3.05, 3.63) is 58.6 Å². The second kappa shape index (κ2) is 6.04. The lowest BCUT2D eigenvalue weighted by molar-refractivity contribution is 1.39. The van der Waals surface area contributed by atoms with E-state index in [9.17, 15) is 0 Å². The Morgan fingerprint density at radius 3 is 2.58 bits per heavy atom. The van der Waals surface area contributed by atoms with Crippen molar-refractivity contribution < 1.29 is 0 Å². The summed E-state index contributed by atoms with van der Waals surface area (Å²) >= 11 is 11.2. The van der Waals surface area contributed by atoms with Crippen molar-refractivity contribution in [3.8, 4) is 0 Å². The minimum absolute atomic E-state index is 0.552. The van der Waals surface area contributed by atoms with E-state index in [4.69, 9.17) is 23.8 Å². The number of thiocarbonyl (C=S) groups is 1. The van der Waals surface area contributed by atoms with Crippen LogP contribution in [0.1, 0.15) is 11.1 Å². The molecule has 0 aliphatic rings. The normalized spacial score (nSPS) is 10.1. The Balaban J connectivity index is 2.07. The number of benzene rings is 2. The summed E-state index contributed by atoms with van der Waals surface area (Å²) in [7, 11) is 0. The van der Waals surface area contributed by atoms with Gasteiger partial charge in [-0.2, -0.15) is 0 Å². The molecule has 0 heterocycles. The molecule has 0 fully saturated rings. The number of hydrogen-bond donors (Lipinski definition) is 2. The number of rotatable bonds is 2. The third-order valence-electron chi connectivity index (χ3n) is 2.72. The van der Waals surface area contributed by atoms with E-state index in [1.165, 1.54) is 5.56 Å². The van der Waals surface area contributed by atoms with Gasteiger partial charge in [0.05, 0.1) is 0 Å². The molecule has 4 heteroatoms. The van der Waals surface area contributed by atoms with Crippen molar-refractivity contribution in [2.24, 2.45) is 0 Å². The average molecular weight is 291 g/mol. The summed E-state index contributed by atoms with van der Waals surface area (Å²) in [4.78, 5) is 0. The predicted octanol–water partition coefficient (Wildman–Crippen LogP) is 4.77. The monoisotopic (exact) mass is 290 g/mol. The second-order valence-corrected chi connectivity index (χ2v) is 5.25. The summed E-state index contributed by atoms with van der Waals surface area (Å²) in [5.41, 5.74) is 4.23. The molecule has 0 radical (unpaired) electrons. The van der Waals surface area contributed by atoms with E-state index >= 15 is 0 Å². The van der Waals surface area contributed by atoms with Gasteiger partial charge in [-0.15, -0.1) is 0 Å². The smallest absolute Gasteiger partial charge is 0.175 e. The summed E-state index contributed by atoms with van der Waals surface area (Å²) in [5.74, 6) is 0. The Morgan fingerprint density at radius 1 is 1.05 bits per heavy atom. The first-order valence-corrected chi connectivity index (χ1v) is 6.74. The number of aryl methyl sites for hydroxylation is 2. The highest BCUT2D eigenvalue weighted by Gasteiger charge is 2.02. The lowest BCUT2D eigenvalue weighted by Crippen LogP contribution is -2.19. The molecule has 0 atom stereocenters. The molecule has 0 aliphatic carbocycles. The molecule has 0 amide bonds. The zero-order valence-electron chi connectivity index (χ0n) is 10.8. The number of nitrogens with one attached hydrogen (secondary N) is 2. The fourth-order valence-corrected chi connectivity index (χ4v) is 2.14. The molecule has 98 valence electrons. The zero-order valence-corrected chi connectivity index (χ0v) is 12.4. The Bertz CT molecular complexity index is 611. The van der Waals surface area contributed by atoms with E-state index < -0.39 is 0 Å². The molecule has 0 aliphatic heterocycles. The maximum Gasteiger partial charge on any atom is 0.175 e. The van der Waals surface area contributed by atoms with Crippen molar-refractivity contribution in [1.82, 2.24) is 0 Å². The van der Waals surface area contributed by atoms with Gasteiger partial charge in [0.1, 0.15) is 0 Å². The minimum Gasteiger partial charge on any atom is -0.332 e. The van der Waals surface area contributed by atoms with Gasteiger partial charge in [-0.1, -0.05) is 29.8 Å². The molecule has 2 aromatic carbocycles. The molecule has 19 heavy (non-hydrogen) atoms. The van der Waals surface area contributed by atoms with Gasteiger partial charge in [-0.05, 0) is 61.5 Å². The van der Waals surface area contributed by atoms with Crippen LogP contribution in [0.4, 0.5) is 11.4 Å². The zero-order chi connectivity index (χ0) is 13.8. The van der Waals surface area contributed by atoms with Crippen LogP contribution in [-0.4, -0.2) is 5.11 Å². The Labute approximate surface area is 123 Å². The van der Waals surface area contributed by atoms with E-state index in [-0.39, 0.29) is 0 Å². The van der Waals surface area contributed by atoms with Crippen LogP contribution in [0, 0.1) is 13.8 Å². The van der Waals surface area contributed by atoms with Gasteiger partial charge in [0, 0.05) is 16.4 Å². The number of halogens is 1.